The van der Waals surface area contributed by atoms with E-state index in [-0.39, 0.29) is 24.5 Å². The predicted octanol–water partition coefficient (Wildman–Crippen LogP) is 3.65. The minimum Gasteiger partial charge on any atom is -0.493 e. The minimum atomic E-state index is -0.271. The lowest BCUT2D eigenvalue weighted by Gasteiger charge is -2.13. The van der Waals surface area contributed by atoms with E-state index in [9.17, 15) is 9.59 Å². The standard InChI is InChI=1S/C23H28N2O5/c1-5-24-23(27)15-29-19-10-8-18(9-11-19)25-22(26)13-7-17-6-12-20(30-16(2)3)21(14-17)28-4/h6-14,16H,5,15H2,1-4H3,(H,24,27)(H,25,26)/b13-7+. The van der Waals surface area contributed by atoms with E-state index in [4.69, 9.17) is 14.2 Å². The van der Waals surface area contributed by atoms with Crippen molar-refractivity contribution in [1.29, 1.82) is 0 Å². The van der Waals surface area contributed by atoms with Crippen molar-refractivity contribution in [3.63, 3.8) is 0 Å². The summed E-state index contributed by atoms with van der Waals surface area (Å²) in [6.45, 7) is 6.24. The van der Waals surface area contributed by atoms with Crippen molar-refractivity contribution in [2.24, 2.45) is 0 Å². The zero-order chi connectivity index (χ0) is 21.9. The van der Waals surface area contributed by atoms with Crippen LogP contribution in [0.4, 0.5) is 5.69 Å². The van der Waals surface area contributed by atoms with Gasteiger partial charge in [-0.3, -0.25) is 9.59 Å². The Kier molecular flexibility index (Phi) is 8.75. The Morgan fingerprint density at radius 1 is 1.07 bits per heavy atom. The topological polar surface area (TPSA) is 85.9 Å². The van der Waals surface area contributed by atoms with Crippen molar-refractivity contribution in [3.05, 3.63) is 54.1 Å². The molecule has 0 fully saturated rings. The van der Waals surface area contributed by atoms with Gasteiger partial charge in [0.25, 0.3) is 5.91 Å². The molecule has 0 atom stereocenters. The second kappa shape index (κ2) is 11.5. The fourth-order valence-corrected chi connectivity index (χ4v) is 2.53. The number of nitrogens with one attached hydrogen (secondary N) is 2. The van der Waals surface area contributed by atoms with Crippen LogP contribution in [0.25, 0.3) is 6.08 Å². The molecule has 2 rings (SSSR count). The quantitative estimate of drug-likeness (QED) is 0.582. The molecule has 0 unspecified atom stereocenters. The molecule has 7 heteroatoms. The number of hydrogen-bond donors (Lipinski definition) is 2. The molecule has 0 bridgehead atoms. The molecule has 0 saturated heterocycles. The Morgan fingerprint density at radius 3 is 2.43 bits per heavy atom. The highest BCUT2D eigenvalue weighted by Crippen LogP contribution is 2.29. The summed E-state index contributed by atoms with van der Waals surface area (Å²) < 4.78 is 16.4. The number of methoxy groups -OCH3 is 1. The Labute approximate surface area is 177 Å². The molecule has 2 N–H and O–H groups in total. The van der Waals surface area contributed by atoms with E-state index in [0.29, 0.717) is 29.5 Å². The second-order valence-corrected chi connectivity index (χ2v) is 6.67. The molecule has 7 nitrogen and oxygen atoms in total. The van der Waals surface area contributed by atoms with Crippen LogP contribution in [0, 0.1) is 0 Å². The van der Waals surface area contributed by atoms with Gasteiger partial charge in [0.1, 0.15) is 5.75 Å². The van der Waals surface area contributed by atoms with Crippen molar-refractivity contribution in [2.45, 2.75) is 26.9 Å². The van der Waals surface area contributed by atoms with Gasteiger partial charge < -0.3 is 24.8 Å². The van der Waals surface area contributed by atoms with Crippen LogP contribution in [-0.2, 0) is 9.59 Å². The molecule has 0 spiro atoms. The summed E-state index contributed by atoms with van der Waals surface area (Å²) in [4.78, 5) is 23.6. The van der Waals surface area contributed by atoms with Crippen molar-refractivity contribution in [2.75, 3.05) is 25.6 Å². The first-order valence-electron chi connectivity index (χ1n) is 9.74. The average Bonchev–Trinajstić information content (AvgIpc) is 2.72. The molecular formula is C23H28N2O5. The monoisotopic (exact) mass is 412 g/mol. The van der Waals surface area contributed by atoms with Gasteiger partial charge in [0, 0.05) is 18.3 Å². The van der Waals surface area contributed by atoms with Crippen molar-refractivity contribution < 1.29 is 23.8 Å². The minimum absolute atomic E-state index is 0.0383. The van der Waals surface area contributed by atoms with E-state index in [1.54, 1.807) is 37.5 Å². The lowest BCUT2D eigenvalue weighted by molar-refractivity contribution is -0.123. The number of hydrogen-bond acceptors (Lipinski definition) is 5. The first-order chi connectivity index (χ1) is 14.4. The molecule has 2 aromatic carbocycles. The van der Waals surface area contributed by atoms with Gasteiger partial charge in [0.15, 0.2) is 18.1 Å². The molecular weight excluding hydrogens is 384 g/mol. The molecule has 30 heavy (non-hydrogen) atoms. The largest absolute Gasteiger partial charge is 0.493 e. The fourth-order valence-electron chi connectivity index (χ4n) is 2.53. The van der Waals surface area contributed by atoms with Gasteiger partial charge in [-0.05, 0) is 68.8 Å². The fraction of sp³-hybridized carbons (Fsp3) is 0.304. The first kappa shape index (κ1) is 22.8. The summed E-state index contributed by atoms with van der Waals surface area (Å²) in [6, 6.07) is 12.3. The van der Waals surface area contributed by atoms with Gasteiger partial charge in [0.05, 0.1) is 13.2 Å². The van der Waals surface area contributed by atoms with Crippen LogP contribution in [0.15, 0.2) is 48.5 Å². The third-order valence-corrected chi connectivity index (χ3v) is 3.84. The number of ether oxygens (including phenoxy) is 3. The van der Waals surface area contributed by atoms with Crippen LogP contribution in [0.2, 0.25) is 0 Å². The van der Waals surface area contributed by atoms with Gasteiger partial charge in [-0.15, -0.1) is 0 Å². The molecule has 0 aliphatic rings. The maximum Gasteiger partial charge on any atom is 0.257 e. The van der Waals surface area contributed by atoms with Crippen LogP contribution in [-0.4, -0.2) is 38.2 Å². The predicted molar refractivity (Wildman–Crippen MR) is 117 cm³/mol. The van der Waals surface area contributed by atoms with E-state index in [1.165, 1.54) is 6.08 Å². The Balaban J connectivity index is 1.92. The van der Waals surface area contributed by atoms with Crippen LogP contribution in [0.1, 0.15) is 26.3 Å². The molecule has 0 aliphatic carbocycles. The van der Waals surface area contributed by atoms with Gasteiger partial charge >= 0.3 is 0 Å². The number of carbonyl (C=O) groups excluding carboxylic acids is 2. The number of benzene rings is 2. The van der Waals surface area contributed by atoms with Gasteiger partial charge in [0.2, 0.25) is 5.91 Å². The zero-order valence-electron chi connectivity index (χ0n) is 17.7. The van der Waals surface area contributed by atoms with Gasteiger partial charge in [-0.25, -0.2) is 0 Å². The summed E-state index contributed by atoms with van der Waals surface area (Å²) in [5.41, 5.74) is 1.43. The van der Waals surface area contributed by atoms with Gasteiger partial charge in [-0.1, -0.05) is 6.07 Å². The Morgan fingerprint density at radius 2 is 1.80 bits per heavy atom. The number of rotatable bonds is 10. The average molecular weight is 412 g/mol. The van der Waals surface area contributed by atoms with E-state index in [2.05, 4.69) is 10.6 Å². The maximum absolute atomic E-state index is 12.2. The first-order valence-corrected chi connectivity index (χ1v) is 9.74. The maximum atomic E-state index is 12.2. The molecule has 2 aromatic rings. The molecule has 0 aliphatic heterocycles. The van der Waals surface area contributed by atoms with E-state index in [0.717, 1.165) is 5.56 Å². The van der Waals surface area contributed by atoms with Crippen molar-refractivity contribution in [1.82, 2.24) is 5.32 Å². The molecule has 2 amide bonds. The third kappa shape index (κ3) is 7.50. The van der Waals surface area contributed by atoms with Crippen LogP contribution in [0.5, 0.6) is 17.2 Å². The SMILES string of the molecule is CCNC(=O)COc1ccc(NC(=O)/C=C/c2ccc(OC(C)C)c(OC)c2)cc1. The number of anilines is 1. The Bertz CT molecular complexity index is 876. The molecule has 0 radical (unpaired) electrons. The molecule has 0 heterocycles. The Hall–Kier alpha value is -3.48. The summed E-state index contributed by atoms with van der Waals surface area (Å²) in [7, 11) is 1.58. The van der Waals surface area contributed by atoms with E-state index < -0.39 is 0 Å². The van der Waals surface area contributed by atoms with Crippen molar-refractivity contribution >= 4 is 23.6 Å². The second-order valence-electron chi connectivity index (χ2n) is 6.67. The molecule has 0 saturated carbocycles. The van der Waals surface area contributed by atoms with E-state index >= 15 is 0 Å². The van der Waals surface area contributed by atoms with Crippen molar-refractivity contribution in [3.8, 4) is 17.2 Å². The van der Waals surface area contributed by atoms with Crippen LogP contribution >= 0.6 is 0 Å². The number of likely N-dealkylation sites (N-methyl/N-ethyl adjacent to an activating group) is 1. The van der Waals surface area contributed by atoms with Crippen LogP contribution < -0.4 is 24.8 Å². The highest BCUT2D eigenvalue weighted by atomic mass is 16.5. The number of carbonyl (C=O) groups is 2. The highest BCUT2D eigenvalue weighted by Gasteiger charge is 2.07. The number of amides is 2. The molecule has 160 valence electrons. The van der Waals surface area contributed by atoms with Gasteiger partial charge in [-0.2, -0.15) is 0 Å². The van der Waals surface area contributed by atoms with E-state index in [1.807, 2.05) is 39.0 Å². The summed E-state index contributed by atoms with van der Waals surface area (Å²) >= 11 is 0. The zero-order valence-corrected chi connectivity index (χ0v) is 17.7. The smallest absolute Gasteiger partial charge is 0.257 e. The third-order valence-electron chi connectivity index (χ3n) is 3.84. The van der Waals surface area contributed by atoms with Crippen LogP contribution in [0.3, 0.4) is 0 Å². The summed E-state index contributed by atoms with van der Waals surface area (Å²) in [6.07, 6.45) is 3.18. The summed E-state index contributed by atoms with van der Waals surface area (Å²) in [5, 5.41) is 5.43. The highest BCUT2D eigenvalue weighted by molar-refractivity contribution is 6.02. The lowest BCUT2D eigenvalue weighted by atomic mass is 10.2. The normalized spacial score (nSPS) is 10.7. The lowest BCUT2D eigenvalue weighted by Crippen LogP contribution is -2.28. The summed E-state index contributed by atoms with van der Waals surface area (Å²) in [5.74, 6) is 1.36. The molecule has 0 aromatic heterocycles.